The SMILES string of the molecule is CC(C)=CCC/C(C)=C/Cc1c(O)c(CC=C(C)C)c2c(c1O)C(=O)C[C@@H](c1c(O)cc(O)cc1O)O2. The molecule has 0 fully saturated rings. The highest BCUT2D eigenvalue weighted by Crippen LogP contribution is 2.50. The molecule has 198 valence electrons. The molecule has 0 unspecified atom stereocenters. The number of rotatable bonds is 8. The van der Waals surface area contributed by atoms with Crippen molar-refractivity contribution in [3.05, 3.63) is 69.3 Å². The first-order valence-electron chi connectivity index (χ1n) is 12.4. The van der Waals surface area contributed by atoms with E-state index in [0.29, 0.717) is 5.56 Å². The van der Waals surface area contributed by atoms with Gasteiger partial charge in [-0.05, 0) is 60.3 Å². The molecule has 0 saturated heterocycles. The molecule has 0 amide bonds. The number of hydrogen-bond acceptors (Lipinski definition) is 7. The van der Waals surface area contributed by atoms with Gasteiger partial charge in [0, 0.05) is 23.3 Å². The second-order valence-corrected chi connectivity index (χ2v) is 10.1. The van der Waals surface area contributed by atoms with Crippen LogP contribution in [0.1, 0.15) is 87.0 Å². The van der Waals surface area contributed by atoms with Gasteiger partial charge in [-0.15, -0.1) is 0 Å². The minimum absolute atomic E-state index is 0.0189. The summed E-state index contributed by atoms with van der Waals surface area (Å²) in [5.41, 5.74) is 3.86. The number of benzene rings is 2. The molecular formula is C30H36O7. The van der Waals surface area contributed by atoms with Crippen LogP contribution in [0.15, 0.2) is 47.1 Å². The first-order chi connectivity index (χ1) is 17.4. The number of carbonyl (C=O) groups is 1. The molecule has 1 atom stereocenters. The molecule has 5 N–H and O–H groups in total. The lowest BCUT2D eigenvalue weighted by atomic mass is 9.88. The minimum atomic E-state index is -1.08. The van der Waals surface area contributed by atoms with Crippen molar-refractivity contribution in [2.75, 3.05) is 0 Å². The Morgan fingerprint density at radius 3 is 2.05 bits per heavy atom. The number of fused-ring (bicyclic) bond motifs is 1. The van der Waals surface area contributed by atoms with Crippen molar-refractivity contribution >= 4 is 5.78 Å². The fourth-order valence-electron chi connectivity index (χ4n) is 4.41. The Labute approximate surface area is 217 Å². The molecule has 1 aliphatic rings. The van der Waals surface area contributed by atoms with Gasteiger partial charge in [-0.2, -0.15) is 0 Å². The third kappa shape index (κ3) is 6.28. The van der Waals surface area contributed by atoms with Gasteiger partial charge in [-0.3, -0.25) is 4.79 Å². The van der Waals surface area contributed by atoms with E-state index < -0.39 is 23.4 Å². The molecule has 2 aromatic rings. The smallest absolute Gasteiger partial charge is 0.174 e. The summed E-state index contributed by atoms with van der Waals surface area (Å²) in [4.78, 5) is 13.3. The molecule has 7 heteroatoms. The topological polar surface area (TPSA) is 127 Å². The lowest BCUT2D eigenvalue weighted by Gasteiger charge is -2.30. The molecule has 1 heterocycles. The molecule has 0 saturated carbocycles. The minimum Gasteiger partial charge on any atom is -0.508 e. The Morgan fingerprint density at radius 2 is 1.46 bits per heavy atom. The summed E-state index contributed by atoms with van der Waals surface area (Å²) in [6.07, 6.45) is 6.86. The quantitative estimate of drug-likeness (QED) is 0.252. The normalized spacial score (nSPS) is 15.1. The maximum atomic E-state index is 13.3. The largest absolute Gasteiger partial charge is 0.508 e. The van der Waals surface area contributed by atoms with Crippen molar-refractivity contribution in [3.63, 3.8) is 0 Å². The maximum absolute atomic E-state index is 13.3. The summed E-state index contributed by atoms with van der Waals surface area (Å²) in [6, 6.07) is 2.10. The van der Waals surface area contributed by atoms with Crippen molar-refractivity contribution in [3.8, 4) is 34.5 Å². The first kappa shape index (κ1) is 27.7. The van der Waals surface area contributed by atoms with Crippen LogP contribution in [0.4, 0.5) is 0 Å². The van der Waals surface area contributed by atoms with Gasteiger partial charge in [-0.1, -0.05) is 34.9 Å². The van der Waals surface area contributed by atoms with E-state index in [-0.39, 0.29) is 59.0 Å². The van der Waals surface area contributed by atoms with Gasteiger partial charge in [-0.25, -0.2) is 0 Å². The fourth-order valence-corrected chi connectivity index (χ4v) is 4.41. The number of carbonyl (C=O) groups excluding carboxylic acids is 1. The fraction of sp³-hybridized carbons (Fsp3) is 0.367. The summed E-state index contributed by atoms with van der Waals surface area (Å²) in [7, 11) is 0. The van der Waals surface area contributed by atoms with Gasteiger partial charge < -0.3 is 30.3 Å². The van der Waals surface area contributed by atoms with Gasteiger partial charge in [0.1, 0.15) is 46.2 Å². The van der Waals surface area contributed by atoms with E-state index in [2.05, 4.69) is 6.08 Å². The van der Waals surface area contributed by atoms with Crippen LogP contribution >= 0.6 is 0 Å². The highest BCUT2D eigenvalue weighted by Gasteiger charge is 2.37. The van der Waals surface area contributed by atoms with Crippen molar-refractivity contribution in [1.29, 1.82) is 0 Å². The Bertz CT molecular complexity index is 1270. The third-order valence-electron chi connectivity index (χ3n) is 6.41. The Balaban J connectivity index is 2.08. The number of ketones is 1. The van der Waals surface area contributed by atoms with Crippen LogP contribution in [-0.2, 0) is 12.8 Å². The van der Waals surface area contributed by atoms with Crippen LogP contribution in [-0.4, -0.2) is 31.3 Å². The highest BCUT2D eigenvalue weighted by molar-refractivity contribution is 6.04. The number of aromatic hydroxyl groups is 5. The van der Waals surface area contributed by atoms with Gasteiger partial charge in [0.05, 0.1) is 12.0 Å². The molecule has 2 aromatic carbocycles. The predicted molar refractivity (Wildman–Crippen MR) is 143 cm³/mol. The maximum Gasteiger partial charge on any atom is 0.174 e. The molecule has 0 radical (unpaired) electrons. The standard InChI is InChI=1S/C30H36O7/c1-16(2)7-6-8-18(5)10-12-20-28(35)21(11-9-17(3)4)30-27(29(20)36)24(34)15-25(37-30)26-22(32)13-19(31)14-23(26)33/h7,9-10,13-14,25,31-33,35-36H,6,8,11-12,15H2,1-5H3/b18-10+/t25-/m0/s1. The van der Waals surface area contributed by atoms with Crippen LogP contribution in [0.5, 0.6) is 34.5 Å². The molecule has 37 heavy (non-hydrogen) atoms. The third-order valence-corrected chi connectivity index (χ3v) is 6.41. The second-order valence-electron chi connectivity index (χ2n) is 10.1. The molecule has 0 spiro atoms. The second kappa shape index (κ2) is 11.5. The zero-order valence-corrected chi connectivity index (χ0v) is 22.1. The summed E-state index contributed by atoms with van der Waals surface area (Å²) in [5.74, 6) is -2.10. The number of phenols is 5. The van der Waals surface area contributed by atoms with Gasteiger partial charge in [0.25, 0.3) is 0 Å². The molecule has 7 nitrogen and oxygen atoms in total. The molecular weight excluding hydrogens is 472 g/mol. The lowest BCUT2D eigenvalue weighted by molar-refractivity contribution is 0.0836. The van der Waals surface area contributed by atoms with Crippen LogP contribution in [0, 0.1) is 0 Å². The number of phenolic OH excluding ortho intramolecular Hbond substituents is 5. The molecule has 0 aliphatic carbocycles. The van der Waals surface area contributed by atoms with Gasteiger partial charge in [0.15, 0.2) is 5.78 Å². The highest BCUT2D eigenvalue weighted by atomic mass is 16.5. The number of hydrogen-bond donors (Lipinski definition) is 5. The summed E-state index contributed by atoms with van der Waals surface area (Å²) in [6.45, 7) is 9.90. The van der Waals surface area contributed by atoms with E-state index in [1.807, 2.05) is 46.8 Å². The molecule has 1 aliphatic heterocycles. The van der Waals surface area contributed by atoms with E-state index >= 15 is 0 Å². The zero-order valence-electron chi connectivity index (χ0n) is 22.1. The predicted octanol–water partition coefficient (Wildman–Crippen LogP) is 6.67. The Kier molecular flexibility index (Phi) is 8.58. The molecule has 0 bridgehead atoms. The van der Waals surface area contributed by atoms with Crippen molar-refractivity contribution in [2.24, 2.45) is 0 Å². The van der Waals surface area contributed by atoms with Gasteiger partial charge >= 0.3 is 0 Å². The number of allylic oxidation sites excluding steroid dienone is 6. The van der Waals surface area contributed by atoms with E-state index in [4.69, 9.17) is 4.74 Å². The van der Waals surface area contributed by atoms with E-state index in [9.17, 15) is 30.3 Å². The van der Waals surface area contributed by atoms with E-state index in [1.54, 1.807) is 0 Å². The zero-order chi connectivity index (χ0) is 27.4. The van der Waals surface area contributed by atoms with Crippen molar-refractivity contribution in [2.45, 2.75) is 72.8 Å². The molecule has 0 aromatic heterocycles. The Hall–Kier alpha value is -3.87. The summed E-state index contributed by atoms with van der Waals surface area (Å²) >= 11 is 0. The lowest BCUT2D eigenvalue weighted by Crippen LogP contribution is -2.22. The summed E-state index contributed by atoms with van der Waals surface area (Å²) < 4.78 is 6.08. The van der Waals surface area contributed by atoms with Crippen LogP contribution in [0.3, 0.4) is 0 Å². The number of ether oxygens (including phenoxy) is 1. The monoisotopic (exact) mass is 508 g/mol. The van der Waals surface area contributed by atoms with Crippen molar-refractivity contribution < 1.29 is 35.1 Å². The average Bonchev–Trinajstić information content (AvgIpc) is 2.77. The van der Waals surface area contributed by atoms with Crippen molar-refractivity contribution in [1.82, 2.24) is 0 Å². The van der Waals surface area contributed by atoms with Gasteiger partial charge in [0.2, 0.25) is 0 Å². The van der Waals surface area contributed by atoms with E-state index in [1.165, 1.54) is 5.57 Å². The Morgan fingerprint density at radius 1 is 0.865 bits per heavy atom. The average molecular weight is 509 g/mol. The summed E-state index contributed by atoms with van der Waals surface area (Å²) in [5, 5.41) is 52.7. The van der Waals surface area contributed by atoms with Crippen LogP contribution in [0.2, 0.25) is 0 Å². The van der Waals surface area contributed by atoms with E-state index in [0.717, 1.165) is 36.1 Å². The number of Topliss-reactive ketones (excluding diaryl/α,β-unsaturated/α-hetero) is 1. The first-order valence-corrected chi connectivity index (χ1v) is 12.4. The van der Waals surface area contributed by atoms with Crippen LogP contribution in [0.25, 0.3) is 0 Å². The molecule has 3 rings (SSSR count). The van der Waals surface area contributed by atoms with Crippen LogP contribution < -0.4 is 4.74 Å².